The number of carbonyl (C=O) groups excluding carboxylic acids is 1. The number of carbonyl (C=O) groups is 1. The number of nitrogens with one attached hydrogen (secondary N) is 2. The number of aliphatic imine (C=N–C) groups is 1. The van der Waals surface area contributed by atoms with Crippen LogP contribution in [-0.2, 0) is 11.2 Å². The van der Waals surface area contributed by atoms with E-state index in [9.17, 15) is 4.79 Å². The highest BCUT2D eigenvalue weighted by molar-refractivity contribution is 5.92. The van der Waals surface area contributed by atoms with Gasteiger partial charge in [-0.05, 0) is 49.2 Å². The summed E-state index contributed by atoms with van der Waals surface area (Å²) in [6.45, 7) is 7.33. The molecule has 1 aromatic carbocycles. The van der Waals surface area contributed by atoms with Gasteiger partial charge in [0.15, 0.2) is 0 Å². The van der Waals surface area contributed by atoms with E-state index in [0.717, 1.165) is 34.8 Å². The number of benzene rings is 1. The van der Waals surface area contributed by atoms with Gasteiger partial charge in [-0.1, -0.05) is 25.1 Å². The monoisotopic (exact) mass is 421 g/mol. The topological polar surface area (TPSA) is 69.6 Å². The molecule has 2 N–H and O–H groups in total. The summed E-state index contributed by atoms with van der Waals surface area (Å²) in [5.74, 6) is 0.198. The summed E-state index contributed by atoms with van der Waals surface area (Å²) in [5, 5.41) is 6.51. The molecule has 1 amide bonds. The highest BCUT2D eigenvalue weighted by atomic mass is 16.1. The van der Waals surface area contributed by atoms with Gasteiger partial charge in [-0.25, -0.2) is 0 Å². The van der Waals surface area contributed by atoms with Crippen LogP contribution in [0.3, 0.4) is 0 Å². The SMILES string of the molecule is CCN(C)/C=C1/N=CC(N[C@@H](C)c2cccc(NC(=O)Cc3ccncc3)c2)=CC1C.[HH].[HH]. The maximum Gasteiger partial charge on any atom is 0.228 e. The van der Waals surface area contributed by atoms with Gasteiger partial charge in [0.1, 0.15) is 0 Å². The summed E-state index contributed by atoms with van der Waals surface area (Å²) in [6, 6.07) is 11.7. The number of hydrogen-bond acceptors (Lipinski definition) is 5. The van der Waals surface area contributed by atoms with Crippen LogP contribution in [-0.4, -0.2) is 35.6 Å². The molecule has 0 bridgehead atoms. The van der Waals surface area contributed by atoms with Crippen LogP contribution in [0.15, 0.2) is 77.5 Å². The van der Waals surface area contributed by atoms with Crippen LogP contribution < -0.4 is 10.6 Å². The molecule has 6 heteroatoms. The number of nitrogens with zero attached hydrogens (tertiary/aromatic N) is 3. The molecule has 3 rings (SSSR count). The molecule has 1 aliphatic heterocycles. The zero-order valence-electron chi connectivity index (χ0n) is 18.7. The summed E-state index contributed by atoms with van der Waals surface area (Å²) in [5.41, 5.74) is 4.88. The van der Waals surface area contributed by atoms with E-state index in [1.54, 1.807) is 12.4 Å². The van der Waals surface area contributed by atoms with Crippen molar-refractivity contribution in [3.05, 3.63) is 83.6 Å². The van der Waals surface area contributed by atoms with Gasteiger partial charge in [0, 0.05) is 58.4 Å². The van der Waals surface area contributed by atoms with Gasteiger partial charge in [-0.15, -0.1) is 0 Å². The number of allylic oxidation sites excluding steroid dienone is 2. The van der Waals surface area contributed by atoms with Crippen molar-refractivity contribution in [2.75, 3.05) is 18.9 Å². The Kier molecular flexibility index (Phi) is 7.60. The Morgan fingerprint density at radius 3 is 2.77 bits per heavy atom. The van der Waals surface area contributed by atoms with Gasteiger partial charge < -0.3 is 15.5 Å². The maximum atomic E-state index is 12.4. The number of pyridine rings is 1. The Morgan fingerprint density at radius 1 is 1.29 bits per heavy atom. The average Bonchev–Trinajstić information content (AvgIpc) is 2.76. The van der Waals surface area contributed by atoms with Gasteiger partial charge in [0.05, 0.1) is 18.3 Å². The average molecular weight is 422 g/mol. The van der Waals surface area contributed by atoms with Crippen molar-refractivity contribution < 1.29 is 7.65 Å². The lowest BCUT2D eigenvalue weighted by atomic mass is 10.0. The van der Waals surface area contributed by atoms with Gasteiger partial charge in [0.25, 0.3) is 0 Å². The minimum Gasteiger partial charge on any atom is -0.379 e. The lowest BCUT2D eigenvalue weighted by Crippen LogP contribution is -2.22. The predicted octanol–water partition coefficient (Wildman–Crippen LogP) is 4.80. The fourth-order valence-electron chi connectivity index (χ4n) is 3.32. The first-order chi connectivity index (χ1) is 14.9. The van der Waals surface area contributed by atoms with E-state index in [2.05, 4.69) is 71.7 Å². The molecule has 0 saturated heterocycles. The van der Waals surface area contributed by atoms with Crippen molar-refractivity contribution in [2.45, 2.75) is 33.2 Å². The van der Waals surface area contributed by atoms with Crippen molar-refractivity contribution in [1.82, 2.24) is 15.2 Å². The van der Waals surface area contributed by atoms with E-state index in [4.69, 9.17) is 0 Å². The molecule has 0 radical (unpaired) electrons. The van der Waals surface area contributed by atoms with E-state index in [1.807, 2.05) is 36.5 Å². The van der Waals surface area contributed by atoms with Gasteiger partial charge in [-0.3, -0.25) is 14.8 Å². The Bertz CT molecular complexity index is 991. The van der Waals surface area contributed by atoms with Crippen LogP contribution in [0.25, 0.3) is 0 Å². The molecular formula is C25H35N5O. The number of hydrogen-bond donors (Lipinski definition) is 2. The van der Waals surface area contributed by atoms with E-state index < -0.39 is 0 Å². The zero-order valence-corrected chi connectivity index (χ0v) is 18.7. The minimum absolute atomic E-state index is 0. The molecule has 0 aliphatic carbocycles. The van der Waals surface area contributed by atoms with Crippen molar-refractivity contribution >= 4 is 17.8 Å². The molecule has 2 heterocycles. The van der Waals surface area contributed by atoms with Crippen molar-refractivity contribution in [3.63, 3.8) is 0 Å². The third-order valence-electron chi connectivity index (χ3n) is 5.27. The molecule has 0 saturated carbocycles. The van der Waals surface area contributed by atoms with E-state index in [1.165, 1.54) is 0 Å². The molecule has 166 valence electrons. The van der Waals surface area contributed by atoms with Crippen molar-refractivity contribution in [1.29, 1.82) is 0 Å². The molecule has 1 aromatic heterocycles. The number of anilines is 1. The van der Waals surface area contributed by atoms with Crippen LogP contribution in [0, 0.1) is 5.92 Å². The largest absolute Gasteiger partial charge is 0.379 e. The number of dihydropyridines is 1. The summed E-state index contributed by atoms with van der Waals surface area (Å²) in [6.07, 6.45) is 9.88. The van der Waals surface area contributed by atoms with E-state index in [0.29, 0.717) is 6.42 Å². The summed E-state index contributed by atoms with van der Waals surface area (Å²) < 4.78 is 0. The molecular weight excluding hydrogens is 386 g/mol. The Labute approximate surface area is 187 Å². The fraction of sp³-hybridized carbons (Fsp3) is 0.320. The predicted molar refractivity (Wildman–Crippen MR) is 131 cm³/mol. The number of amides is 1. The molecule has 2 atom stereocenters. The third kappa shape index (κ3) is 6.54. The molecule has 2 aromatic rings. The van der Waals surface area contributed by atoms with Crippen molar-refractivity contribution in [2.24, 2.45) is 10.9 Å². The van der Waals surface area contributed by atoms with Crippen LogP contribution in [0.4, 0.5) is 5.69 Å². The first-order valence-electron chi connectivity index (χ1n) is 10.7. The zero-order chi connectivity index (χ0) is 22.2. The van der Waals surface area contributed by atoms with Crippen molar-refractivity contribution in [3.8, 4) is 0 Å². The minimum atomic E-state index is -0.0451. The molecule has 0 spiro atoms. The molecule has 0 fully saturated rings. The molecule has 6 nitrogen and oxygen atoms in total. The second-order valence-electron chi connectivity index (χ2n) is 7.87. The van der Waals surface area contributed by atoms with Crippen LogP contribution in [0.2, 0.25) is 0 Å². The quantitative estimate of drug-likeness (QED) is 0.642. The summed E-state index contributed by atoms with van der Waals surface area (Å²) in [4.78, 5) is 23.1. The first-order valence-corrected chi connectivity index (χ1v) is 10.7. The second-order valence-corrected chi connectivity index (χ2v) is 7.87. The molecule has 1 unspecified atom stereocenters. The van der Waals surface area contributed by atoms with E-state index in [-0.39, 0.29) is 20.7 Å². The normalized spacial score (nSPS) is 17.7. The summed E-state index contributed by atoms with van der Waals surface area (Å²) >= 11 is 0. The fourth-order valence-corrected chi connectivity index (χ4v) is 3.32. The standard InChI is InChI=1S/C25H31N5O.2H2/c1-5-30(4)17-24-18(2)13-23(16-27-24)28-19(3)21-7-6-8-22(15-21)29-25(31)14-20-9-11-26-12-10-20;;/h6-13,15-19,28H,5,14H2,1-4H3,(H,29,31);2*1H/b24-17+;;/t18?,19-;;/m0../s1. The van der Waals surface area contributed by atoms with Crippen LogP contribution in [0.1, 0.15) is 40.8 Å². The summed E-state index contributed by atoms with van der Waals surface area (Å²) in [7, 11) is 2.05. The first kappa shape index (κ1) is 22.3. The Balaban J connectivity index is 0.00000272. The second kappa shape index (κ2) is 10.6. The highest BCUT2D eigenvalue weighted by Crippen LogP contribution is 2.23. The number of aromatic nitrogens is 1. The molecule has 1 aliphatic rings. The lowest BCUT2D eigenvalue weighted by molar-refractivity contribution is -0.115. The van der Waals surface area contributed by atoms with Crippen LogP contribution >= 0.6 is 0 Å². The Morgan fingerprint density at radius 2 is 2.06 bits per heavy atom. The maximum absolute atomic E-state index is 12.4. The Hall–Kier alpha value is -3.41. The molecule has 31 heavy (non-hydrogen) atoms. The van der Waals surface area contributed by atoms with Gasteiger partial charge in [0.2, 0.25) is 5.91 Å². The van der Waals surface area contributed by atoms with E-state index >= 15 is 0 Å². The highest BCUT2D eigenvalue weighted by Gasteiger charge is 2.14. The van der Waals surface area contributed by atoms with Crippen LogP contribution in [0.5, 0.6) is 0 Å². The smallest absolute Gasteiger partial charge is 0.228 e. The van der Waals surface area contributed by atoms with Gasteiger partial charge >= 0.3 is 0 Å². The van der Waals surface area contributed by atoms with Gasteiger partial charge in [-0.2, -0.15) is 0 Å². The third-order valence-corrected chi connectivity index (χ3v) is 5.27. The number of rotatable bonds is 8. The lowest BCUT2D eigenvalue weighted by Gasteiger charge is -2.22.